The maximum absolute atomic E-state index is 13.6. The van der Waals surface area contributed by atoms with Crippen molar-refractivity contribution in [2.75, 3.05) is 13.1 Å². The number of carbonyl (C=O) groups excluding carboxylic acids is 2. The predicted molar refractivity (Wildman–Crippen MR) is 164 cm³/mol. The number of benzene rings is 3. The molecule has 1 heterocycles. The molecule has 0 saturated carbocycles. The fourth-order valence-corrected chi connectivity index (χ4v) is 5.19. The van der Waals surface area contributed by atoms with Gasteiger partial charge in [-0.2, -0.15) is 5.06 Å². The summed E-state index contributed by atoms with van der Waals surface area (Å²) >= 11 is 0. The van der Waals surface area contributed by atoms with Crippen LogP contribution in [0.5, 0.6) is 0 Å². The van der Waals surface area contributed by atoms with Crippen molar-refractivity contribution in [1.82, 2.24) is 9.96 Å². The summed E-state index contributed by atoms with van der Waals surface area (Å²) in [5.41, 5.74) is 1.56. The first kappa shape index (κ1) is 30.1. The van der Waals surface area contributed by atoms with Gasteiger partial charge in [0.25, 0.3) is 0 Å². The fraction of sp³-hybridized carbons (Fsp3) is 0.441. The standard InChI is InChI=1S/C34H43N3O4/c1-24(2)22-30-31(38)23-36(21-13-16-26-14-8-7-9-15-26)32(37(30)41-33(39)40-34(4,5)6)35-25(3)28-20-12-18-27-17-10-11-19-29(27)28/h7-12,14-15,17-20,24-25,30H,13,16,21-23H2,1-6H3/t25?,30-/m0/s1. The summed E-state index contributed by atoms with van der Waals surface area (Å²) in [6.07, 6.45) is 1.35. The molecule has 7 heteroatoms. The molecule has 1 unspecified atom stereocenters. The lowest BCUT2D eigenvalue weighted by atomic mass is 9.97. The van der Waals surface area contributed by atoms with Gasteiger partial charge in [0.2, 0.25) is 5.96 Å². The molecule has 3 aromatic rings. The minimum atomic E-state index is -0.851. The maximum atomic E-state index is 13.6. The van der Waals surface area contributed by atoms with E-state index in [1.165, 1.54) is 10.6 Å². The van der Waals surface area contributed by atoms with E-state index in [-0.39, 0.29) is 24.3 Å². The van der Waals surface area contributed by atoms with Gasteiger partial charge in [0.05, 0.1) is 12.6 Å². The van der Waals surface area contributed by atoms with Crippen molar-refractivity contribution in [2.24, 2.45) is 10.9 Å². The average molecular weight is 558 g/mol. The molecule has 0 bridgehead atoms. The Balaban J connectivity index is 1.72. The molecular formula is C34H43N3O4. The Morgan fingerprint density at radius 1 is 0.976 bits per heavy atom. The van der Waals surface area contributed by atoms with Crippen LogP contribution < -0.4 is 0 Å². The van der Waals surface area contributed by atoms with Gasteiger partial charge in [0.1, 0.15) is 11.6 Å². The Kier molecular flexibility index (Phi) is 9.69. The van der Waals surface area contributed by atoms with Crippen molar-refractivity contribution in [2.45, 2.75) is 78.5 Å². The zero-order valence-electron chi connectivity index (χ0n) is 25.2. The number of aryl methyl sites for hydroxylation is 1. The minimum absolute atomic E-state index is 0.00117. The highest BCUT2D eigenvalue weighted by atomic mass is 16.8. The van der Waals surface area contributed by atoms with Crippen molar-refractivity contribution in [3.8, 4) is 0 Å². The third kappa shape index (κ3) is 8.09. The number of carbonyl (C=O) groups is 2. The molecule has 7 nitrogen and oxygen atoms in total. The van der Waals surface area contributed by atoms with Gasteiger partial charge in [-0.05, 0) is 74.8 Å². The monoisotopic (exact) mass is 557 g/mol. The van der Waals surface area contributed by atoms with Crippen molar-refractivity contribution in [3.05, 3.63) is 83.9 Å². The number of nitrogens with zero attached hydrogens (tertiary/aromatic N) is 3. The molecule has 0 aliphatic carbocycles. The van der Waals surface area contributed by atoms with Crippen LogP contribution in [0.25, 0.3) is 10.8 Å². The molecule has 0 N–H and O–H groups in total. The van der Waals surface area contributed by atoms with E-state index in [4.69, 9.17) is 14.6 Å². The molecule has 0 radical (unpaired) electrons. The highest BCUT2D eigenvalue weighted by molar-refractivity contribution is 5.97. The fourth-order valence-electron chi connectivity index (χ4n) is 5.19. The quantitative estimate of drug-likeness (QED) is 0.256. The third-order valence-electron chi connectivity index (χ3n) is 7.06. The van der Waals surface area contributed by atoms with Gasteiger partial charge in [-0.3, -0.25) is 4.79 Å². The molecule has 1 aliphatic heterocycles. The topological polar surface area (TPSA) is 71.4 Å². The number of ether oxygens (including phenoxy) is 1. The zero-order valence-corrected chi connectivity index (χ0v) is 25.2. The molecule has 0 aromatic heterocycles. The van der Waals surface area contributed by atoms with Crippen molar-refractivity contribution >= 4 is 28.7 Å². The van der Waals surface area contributed by atoms with Gasteiger partial charge in [-0.15, -0.1) is 0 Å². The first-order valence-electron chi connectivity index (χ1n) is 14.6. The van der Waals surface area contributed by atoms with Crippen LogP contribution in [0, 0.1) is 5.92 Å². The first-order valence-corrected chi connectivity index (χ1v) is 14.6. The van der Waals surface area contributed by atoms with Crippen molar-refractivity contribution in [1.29, 1.82) is 0 Å². The summed E-state index contributed by atoms with van der Waals surface area (Å²) < 4.78 is 5.51. The van der Waals surface area contributed by atoms with Crippen LogP contribution in [0.3, 0.4) is 0 Å². The Hall–Kier alpha value is -3.87. The number of aliphatic imine (C=N–C) groups is 1. The SMILES string of the molecule is CC(C)C[C@H]1C(=O)CN(CCCc2ccccc2)C(=NC(C)c2cccc3ccccc23)N1OC(=O)OC(C)(C)C. The highest BCUT2D eigenvalue weighted by Gasteiger charge is 2.41. The van der Waals surface area contributed by atoms with Crippen LogP contribution in [0.1, 0.15) is 71.6 Å². The second kappa shape index (κ2) is 13.2. The number of hydrogen-bond donors (Lipinski definition) is 0. The van der Waals surface area contributed by atoms with Crippen LogP contribution in [-0.4, -0.2) is 52.6 Å². The summed E-state index contributed by atoms with van der Waals surface area (Å²) in [6, 6.07) is 23.8. The van der Waals surface area contributed by atoms with E-state index in [9.17, 15) is 9.59 Å². The van der Waals surface area contributed by atoms with E-state index in [1.807, 2.05) is 48.2 Å². The summed E-state index contributed by atoms with van der Waals surface area (Å²) in [5, 5.41) is 3.67. The van der Waals surface area contributed by atoms with Crippen LogP contribution in [0.15, 0.2) is 77.8 Å². The van der Waals surface area contributed by atoms with Crippen LogP contribution in [0.2, 0.25) is 0 Å². The van der Waals surface area contributed by atoms with Crippen molar-refractivity contribution < 1.29 is 19.2 Å². The third-order valence-corrected chi connectivity index (χ3v) is 7.06. The second-order valence-electron chi connectivity index (χ2n) is 12.2. The average Bonchev–Trinajstić information content (AvgIpc) is 2.91. The molecule has 0 amide bonds. The van der Waals surface area contributed by atoms with Crippen LogP contribution in [0.4, 0.5) is 4.79 Å². The molecule has 3 aromatic carbocycles. The molecule has 1 saturated heterocycles. The first-order chi connectivity index (χ1) is 19.5. The normalized spacial score (nSPS) is 17.8. The largest absolute Gasteiger partial charge is 0.534 e. The van der Waals surface area contributed by atoms with Crippen LogP contribution in [-0.2, 0) is 20.8 Å². The second-order valence-corrected chi connectivity index (χ2v) is 12.2. The van der Waals surface area contributed by atoms with Crippen molar-refractivity contribution in [3.63, 3.8) is 0 Å². The van der Waals surface area contributed by atoms with Gasteiger partial charge in [-0.1, -0.05) is 86.6 Å². The molecule has 1 fully saturated rings. The molecule has 218 valence electrons. The number of fused-ring (bicyclic) bond motifs is 1. The van der Waals surface area contributed by atoms with Gasteiger partial charge in [-0.25, -0.2) is 9.79 Å². The van der Waals surface area contributed by atoms with Gasteiger partial charge in [0, 0.05) is 6.54 Å². The van der Waals surface area contributed by atoms with E-state index in [0.717, 1.165) is 29.2 Å². The van der Waals surface area contributed by atoms with E-state index >= 15 is 0 Å². The molecule has 4 rings (SSSR count). The zero-order chi connectivity index (χ0) is 29.6. The number of ketones is 1. The van der Waals surface area contributed by atoms with E-state index in [1.54, 1.807) is 20.8 Å². The lowest BCUT2D eigenvalue weighted by molar-refractivity contribution is -0.156. The predicted octanol–water partition coefficient (Wildman–Crippen LogP) is 7.36. The summed E-state index contributed by atoms with van der Waals surface area (Å²) in [5.74, 6) is 0.684. The van der Waals surface area contributed by atoms with Gasteiger partial charge >= 0.3 is 6.16 Å². The number of rotatable bonds is 9. The number of hydroxylamine groups is 2. The number of Topliss-reactive ketones (excluding diaryl/α,β-unsaturated/α-hetero) is 1. The molecule has 2 atom stereocenters. The summed E-state index contributed by atoms with van der Waals surface area (Å²) in [7, 11) is 0. The molecule has 0 spiro atoms. The maximum Gasteiger partial charge on any atom is 0.534 e. The Bertz CT molecular complexity index is 1360. The minimum Gasteiger partial charge on any atom is -0.427 e. The number of guanidine groups is 1. The van der Waals surface area contributed by atoms with Gasteiger partial charge in [0.15, 0.2) is 5.78 Å². The Morgan fingerprint density at radius 2 is 1.66 bits per heavy atom. The Labute approximate surface area is 244 Å². The summed E-state index contributed by atoms with van der Waals surface area (Å²) in [4.78, 5) is 39.5. The molecule has 41 heavy (non-hydrogen) atoms. The van der Waals surface area contributed by atoms with E-state index < -0.39 is 17.8 Å². The Morgan fingerprint density at radius 3 is 2.37 bits per heavy atom. The van der Waals surface area contributed by atoms with Gasteiger partial charge < -0.3 is 14.5 Å². The number of hydrogen-bond acceptors (Lipinski definition) is 5. The van der Waals surface area contributed by atoms with E-state index in [0.29, 0.717) is 18.9 Å². The summed E-state index contributed by atoms with van der Waals surface area (Å²) in [6.45, 7) is 12.3. The van der Waals surface area contributed by atoms with E-state index in [2.05, 4.69) is 50.2 Å². The lowest BCUT2D eigenvalue weighted by Gasteiger charge is -2.42. The highest BCUT2D eigenvalue weighted by Crippen LogP contribution is 2.29. The van der Waals surface area contributed by atoms with Crippen LogP contribution >= 0.6 is 0 Å². The smallest absolute Gasteiger partial charge is 0.427 e. The molecular weight excluding hydrogens is 514 g/mol. The lowest BCUT2D eigenvalue weighted by Crippen LogP contribution is -2.61. The molecule has 1 aliphatic rings.